The molecule has 0 spiro atoms. The minimum atomic E-state index is -0.260. The van der Waals surface area contributed by atoms with Crippen LogP contribution in [0.4, 0.5) is 10.2 Å². The third-order valence-electron chi connectivity index (χ3n) is 5.56. The summed E-state index contributed by atoms with van der Waals surface area (Å²) in [5, 5.41) is 3.11. The Balaban J connectivity index is 1.47. The minimum absolute atomic E-state index is 0.0836. The van der Waals surface area contributed by atoms with Crippen molar-refractivity contribution in [3.05, 3.63) is 42.5 Å². The smallest absolute Gasteiger partial charge is 0.223 e. The third-order valence-corrected chi connectivity index (χ3v) is 5.56. The lowest BCUT2D eigenvalue weighted by atomic mass is 9.95. The predicted octanol–water partition coefficient (Wildman–Crippen LogP) is 4.59. The van der Waals surface area contributed by atoms with Gasteiger partial charge in [0.2, 0.25) is 5.91 Å². The molecule has 1 aromatic carbocycles. The number of aromatic nitrogens is 2. The van der Waals surface area contributed by atoms with Crippen LogP contribution in [0.5, 0.6) is 0 Å². The van der Waals surface area contributed by atoms with Crippen LogP contribution in [-0.2, 0) is 4.79 Å². The number of nitrogens with zero attached hydrogens (tertiary/aromatic N) is 3. The van der Waals surface area contributed by atoms with Crippen LogP contribution in [0.15, 0.2) is 36.7 Å². The first-order valence-corrected chi connectivity index (χ1v) is 10.8. The summed E-state index contributed by atoms with van der Waals surface area (Å²) in [5.41, 5.74) is 1.64. The Bertz CT molecular complexity index is 773. The third kappa shape index (κ3) is 6.24. The van der Waals surface area contributed by atoms with Gasteiger partial charge in [0, 0.05) is 37.2 Å². The van der Waals surface area contributed by atoms with Crippen molar-refractivity contribution >= 4 is 11.7 Å². The summed E-state index contributed by atoms with van der Waals surface area (Å²) in [4.78, 5) is 23.3. The zero-order valence-corrected chi connectivity index (χ0v) is 17.2. The lowest BCUT2D eigenvalue weighted by molar-refractivity contribution is -0.125. The highest BCUT2D eigenvalue weighted by atomic mass is 19.1. The van der Waals surface area contributed by atoms with Gasteiger partial charge in [0.15, 0.2) is 0 Å². The van der Waals surface area contributed by atoms with E-state index in [1.807, 2.05) is 6.07 Å². The number of amides is 1. The molecule has 29 heavy (non-hydrogen) atoms. The highest BCUT2D eigenvalue weighted by Gasteiger charge is 2.25. The number of hydrogen-bond donors (Lipinski definition) is 1. The van der Waals surface area contributed by atoms with E-state index >= 15 is 0 Å². The van der Waals surface area contributed by atoms with E-state index in [1.54, 1.807) is 18.5 Å². The van der Waals surface area contributed by atoms with E-state index in [0.29, 0.717) is 0 Å². The van der Waals surface area contributed by atoms with Gasteiger partial charge in [-0.05, 0) is 43.5 Å². The van der Waals surface area contributed by atoms with Crippen LogP contribution in [0.25, 0.3) is 11.3 Å². The predicted molar refractivity (Wildman–Crippen MR) is 114 cm³/mol. The van der Waals surface area contributed by atoms with E-state index in [1.165, 1.54) is 37.8 Å². The molecular formula is C23H31FN4O. The largest absolute Gasteiger partial charge is 0.356 e. The molecule has 156 valence electrons. The van der Waals surface area contributed by atoms with Crippen molar-refractivity contribution in [2.45, 2.75) is 51.9 Å². The van der Waals surface area contributed by atoms with E-state index < -0.39 is 0 Å². The standard InChI is InChI=1S/C23H31FN4O/c1-2-3-4-5-6-13-25-23(29)19-11-14-28(15-12-19)22-16-21(26-17-27-22)18-7-9-20(24)10-8-18/h7-10,16-17,19H,2-6,11-15H2,1H3,(H,25,29). The van der Waals surface area contributed by atoms with Crippen molar-refractivity contribution in [2.24, 2.45) is 5.92 Å². The number of nitrogens with one attached hydrogen (secondary N) is 1. The van der Waals surface area contributed by atoms with Crippen LogP contribution in [-0.4, -0.2) is 35.5 Å². The van der Waals surface area contributed by atoms with Gasteiger partial charge in [0.25, 0.3) is 0 Å². The molecule has 3 rings (SSSR count). The van der Waals surface area contributed by atoms with Crippen molar-refractivity contribution in [1.82, 2.24) is 15.3 Å². The van der Waals surface area contributed by atoms with E-state index in [0.717, 1.165) is 56.0 Å². The molecule has 0 radical (unpaired) electrons. The highest BCUT2D eigenvalue weighted by molar-refractivity contribution is 5.79. The fourth-order valence-electron chi connectivity index (χ4n) is 3.75. The Hall–Kier alpha value is -2.50. The second kappa shape index (κ2) is 10.9. The van der Waals surface area contributed by atoms with Crippen LogP contribution in [0.2, 0.25) is 0 Å². The van der Waals surface area contributed by atoms with Gasteiger partial charge in [-0.15, -0.1) is 0 Å². The van der Waals surface area contributed by atoms with Gasteiger partial charge in [-0.3, -0.25) is 4.79 Å². The zero-order chi connectivity index (χ0) is 20.5. The first kappa shape index (κ1) is 21.2. The molecule has 0 bridgehead atoms. The zero-order valence-electron chi connectivity index (χ0n) is 17.2. The summed E-state index contributed by atoms with van der Waals surface area (Å²) in [6.45, 7) is 4.60. The van der Waals surface area contributed by atoms with E-state index in [-0.39, 0.29) is 17.6 Å². The van der Waals surface area contributed by atoms with Crippen molar-refractivity contribution in [1.29, 1.82) is 0 Å². The molecule has 1 amide bonds. The normalized spacial score (nSPS) is 14.8. The molecule has 2 heterocycles. The first-order chi connectivity index (χ1) is 14.2. The molecule has 1 fully saturated rings. The van der Waals surface area contributed by atoms with Gasteiger partial charge >= 0.3 is 0 Å². The molecule has 1 N–H and O–H groups in total. The Morgan fingerprint density at radius 3 is 2.55 bits per heavy atom. The molecule has 6 heteroatoms. The number of rotatable bonds is 9. The van der Waals surface area contributed by atoms with Crippen molar-refractivity contribution < 1.29 is 9.18 Å². The molecule has 1 aliphatic rings. The van der Waals surface area contributed by atoms with Crippen molar-refractivity contribution in [3.8, 4) is 11.3 Å². The Kier molecular flexibility index (Phi) is 7.96. The number of benzene rings is 1. The average molecular weight is 399 g/mol. The topological polar surface area (TPSA) is 58.1 Å². The summed E-state index contributed by atoms with van der Waals surface area (Å²) >= 11 is 0. The van der Waals surface area contributed by atoms with Gasteiger partial charge in [0.1, 0.15) is 18.0 Å². The van der Waals surface area contributed by atoms with Crippen LogP contribution < -0.4 is 10.2 Å². The van der Waals surface area contributed by atoms with Gasteiger partial charge in [-0.1, -0.05) is 32.6 Å². The molecule has 1 aromatic heterocycles. The number of piperidine rings is 1. The Morgan fingerprint density at radius 2 is 1.83 bits per heavy atom. The molecule has 1 aliphatic heterocycles. The fraction of sp³-hybridized carbons (Fsp3) is 0.522. The molecule has 2 aromatic rings. The van der Waals surface area contributed by atoms with Gasteiger partial charge < -0.3 is 10.2 Å². The summed E-state index contributed by atoms with van der Waals surface area (Å²) in [6, 6.07) is 8.25. The Morgan fingerprint density at radius 1 is 1.10 bits per heavy atom. The molecule has 0 atom stereocenters. The number of carbonyl (C=O) groups is 1. The summed E-state index contributed by atoms with van der Waals surface area (Å²) in [5.74, 6) is 0.869. The van der Waals surface area contributed by atoms with E-state index in [9.17, 15) is 9.18 Å². The number of hydrogen-bond acceptors (Lipinski definition) is 4. The number of halogens is 1. The number of anilines is 1. The maximum absolute atomic E-state index is 13.1. The maximum Gasteiger partial charge on any atom is 0.223 e. The Labute approximate surface area is 172 Å². The molecule has 0 unspecified atom stereocenters. The highest BCUT2D eigenvalue weighted by Crippen LogP contribution is 2.25. The van der Waals surface area contributed by atoms with E-state index in [4.69, 9.17) is 0 Å². The quantitative estimate of drug-likeness (QED) is 0.628. The summed E-state index contributed by atoms with van der Waals surface area (Å²) < 4.78 is 13.1. The monoisotopic (exact) mass is 398 g/mol. The maximum atomic E-state index is 13.1. The summed E-state index contributed by atoms with van der Waals surface area (Å²) in [7, 11) is 0. The van der Waals surface area contributed by atoms with Crippen LogP contribution in [0.3, 0.4) is 0 Å². The molecule has 5 nitrogen and oxygen atoms in total. The molecule has 0 saturated carbocycles. The average Bonchev–Trinajstić information content (AvgIpc) is 2.77. The number of unbranched alkanes of at least 4 members (excludes halogenated alkanes) is 4. The van der Waals surface area contributed by atoms with Gasteiger partial charge in [-0.25, -0.2) is 14.4 Å². The lowest BCUT2D eigenvalue weighted by Gasteiger charge is -2.32. The first-order valence-electron chi connectivity index (χ1n) is 10.8. The van der Waals surface area contributed by atoms with Crippen LogP contribution in [0.1, 0.15) is 51.9 Å². The van der Waals surface area contributed by atoms with Crippen molar-refractivity contribution in [2.75, 3.05) is 24.5 Å². The van der Waals surface area contributed by atoms with Crippen molar-refractivity contribution in [3.63, 3.8) is 0 Å². The second-order valence-corrected chi connectivity index (χ2v) is 7.73. The van der Waals surface area contributed by atoms with Crippen LogP contribution in [0, 0.1) is 11.7 Å². The minimum Gasteiger partial charge on any atom is -0.356 e. The molecule has 1 saturated heterocycles. The summed E-state index contributed by atoms with van der Waals surface area (Å²) in [6.07, 6.45) is 9.24. The van der Waals surface area contributed by atoms with Gasteiger partial charge in [0.05, 0.1) is 5.69 Å². The van der Waals surface area contributed by atoms with E-state index in [2.05, 4.69) is 27.1 Å². The second-order valence-electron chi connectivity index (χ2n) is 7.73. The SMILES string of the molecule is CCCCCCCNC(=O)C1CCN(c2cc(-c3ccc(F)cc3)ncn2)CC1. The molecular weight excluding hydrogens is 367 g/mol. The fourth-order valence-corrected chi connectivity index (χ4v) is 3.75. The van der Waals surface area contributed by atoms with Crippen LogP contribution >= 0.6 is 0 Å². The van der Waals surface area contributed by atoms with Gasteiger partial charge in [-0.2, -0.15) is 0 Å². The number of carbonyl (C=O) groups excluding carboxylic acids is 1. The molecule has 0 aliphatic carbocycles. The lowest BCUT2D eigenvalue weighted by Crippen LogP contribution is -2.41.